The highest BCUT2D eigenvalue weighted by Gasteiger charge is 2.20. The molecular formula is C12H15N3O3S. The fraction of sp³-hybridized carbons (Fsp3) is 0.250. The minimum absolute atomic E-state index is 0.158. The summed E-state index contributed by atoms with van der Waals surface area (Å²) in [6.07, 6.45) is 2.95. The van der Waals surface area contributed by atoms with Gasteiger partial charge in [-0.1, -0.05) is 0 Å². The first-order chi connectivity index (χ1) is 9.03. The van der Waals surface area contributed by atoms with E-state index in [1.807, 2.05) is 0 Å². The Morgan fingerprint density at radius 2 is 2.16 bits per heavy atom. The van der Waals surface area contributed by atoms with Crippen molar-refractivity contribution in [2.24, 2.45) is 0 Å². The molecule has 0 radical (unpaired) electrons. The Labute approximate surface area is 111 Å². The van der Waals surface area contributed by atoms with E-state index in [4.69, 9.17) is 4.42 Å². The van der Waals surface area contributed by atoms with E-state index in [0.717, 1.165) is 0 Å². The average molecular weight is 281 g/mol. The number of pyridine rings is 1. The fourth-order valence-corrected chi connectivity index (χ4v) is 2.84. The number of sulfonamides is 1. The van der Waals surface area contributed by atoms with Crippen LogP contribution in [0.3, 0.4) is 0 Å². The Morgan fingerprint density at radius 3 is 2.79 bits per heavy atom. The zero-order valence-corrected chi connectivity index (χ0v) is 11.4. The molecule has 0 aliphatic carbocycles. The second-order valence-electron chi connectivity index (χ2n) is 3.99. The Bertz CT molecular complexity index is 638. The van der Waals surface area contributed by atoms with Crippen molar-refractivity contribution in [2.75, 3.05) is 12.4 Å². The number of rotatable bonds is 5. The van der Waals surface area contributed by atoms with Crippen LogP contribution in [-0.2, 0) is 10.0 Å². The first-order valence-electron chi connectivity index (χ1n) is 5.72. The molecule has 0 saturated heterocycles. The highest BCUT2D eigenvalue weighted by molar-refractivity contribution is 7.89. The van der Waals surface area contributed by atoms with Gasteiger partial charge in [0.1, 0.15) is 11.6 Å². The second-order valence-corrected chi connectivity index (χ2v) is 5.70. The highest BCUT2D eigenvalue weighted by atomic mass is 32.2. The predicted molar refractivity (Wildman–Crippen MR) is 71.2 cm³/mol. The monoisotopic (exact) mass is 281 g/mol. The van der Waals surface area contributed by atoms with Gasteiger partial charge in [0.25, 0.3) is 0 Å². The van der Waals surface area contributed by atoms with Crippen molar-refractivity contribution >= 4 is 15.8 Å². The number of hydrogen-bond acceptors (Lipinski definition) is 5. The molecule has 2 aromatic heterocycles. The maximum atomic E-state index is 12.2. The van der Waals surface area contributed by atoms with Crippen LogP contribution in [0.2, 0.25) is 0 Å². The molecule has 7 heteroatoms. The van der Waals surface area contributed by atoms with Crippen molar-refractivity contribution in [2.45, 2.75) is 17.9 Å². The predicted octanol–water partition coefficient (Wildman–Crippen LogP) is 1.76. The van der Waals surface area contributed by atoms with E-state index in [2.05, 4.69) is 15.0 Å². The third-order valence-corrected chi connectivity index (χ3v) is 4.14. The molecule has 0 amide bonds. The molecule has 0 spiro atoms. The van der Waals surface area contributed by atoms with Gasteiger partial charge in [0.2, 0.25) is 10.0 Å². The normalized spacial score (nSPS) is 13.2. The van der Waals surface area contributed by atoms with Crippen molar-refractivity contribution < 1.29 is 12.8 Å². The zero-order valence-electron chi connectivity index (χ0n) is 10.6. The summed E-state index contributed by atoms with van der Waals surface area (Å²) < 4.78 is 32.1. The molecule has 2 aromatic rings. The summed E-state index contributed by atoms with van der Waals surface area (Å²) in [6, 6.07) is 5.91. The Kier molecular flexibility index (Phi) is 3.87. The van der Waals surface area contributed by atoms with Crippen LogP contribution in [0.15, 0.2) is 46.0 Å². The van der Waals surface area contributed by atoms with Gasteiger partial charge in [0.15, 0.2) is 0 Å². The van der Waals surface area contributed by atoms with Gasteiger partial charge in [-0.05, 0) is 25.1 Å². The number of aromatic nitrogens is 1. The fourth-order valence-electron chi connectivity index (χ4n) is 1.61. The van der Waals surface area contributed by atoms with Gasteiger partial charge in [0, 0.05) is 19.3 Å². The number of nitrogens with one attached hydrogen (secondary N) is 2. The molecule has 1 unspecified atom stereocenters. The standard InChI is InChI=1S/C12H15N3O3S/c1-9(11-4-3-7-18-11)15-19(16,17)10-5-6-14-12(8-10)13-2/h3-9,15H,1-2H3,(H,13,14). The first kappa shape index (κ1) is 13.6. The minimum atomic E-state index is -3.61. The molecule has 2 rings (SSSR count). The molecule has 19 heavy (non-hydrogen) atoms. The lowest BCUT2D eigenvalue weighted by molar-refractivity contribution is 0.459. The van der Waals surface area contributed by atoms with Gasteiger partial charge in [-0.3, -0.25) is 0 Å². The van der Waals surface area contributed by atoms with Crippen LogP contribution >= 0.6 is 0 Å². The molecule has 0 aromatic carbocycles. The van der Waals surface area contributed by atoms with E-state index >= 15 is 0 Å². The van der Waals surface area contributed by atoms with E-state index in [0.29, 0.717) is 11.6 Å². The molecule has 1 atom stereocenters. The van der Waals surface area contributed by atoms with Gasteiger partial charge in [0.05, 0.1) is 17.2 Å². The van der Waals surface area contributed by atoms with Crippen molar-refractivity contribution in [1.29, 1.82) is 0 Å². The van der Waals surface area contributed by atoms with Gasteiger partial charge in [-0.25, -0.2) is 18.1 Å². The Morgan fingerprint density at radius 1 is 1.37 bits per heavy atom. The van der Waals surface area contributed by atoms with Gasteiger partial charge in [-0.15, -0.1) is 0 Å². The maximum Gasteiger partial charge on any atom is 0.241 e. The molecule has 6 nitrogen and oxygen atoms in total. The summed E-state index contributed by atoms with van der Waals surface area (Å²) in [7, 11) is -1.93. The van der Waals surface area contributed by atoms with Crippen LogP contribution in [0.25, 0.3) is 0 Å². The Hall–Kier alpha value is -1.86. The number of furan rings is 1. The Balaban J connectivity index is 2.22. The summed E-state index contributed by atoms with van der Waals surface area (Å²) >= 11 is 0. The van der Waals surface area contributed by atoms with Gasteiger partial charge < -0.3 is 9.73 Å². The topological polar surface area (TPSA) is 84.2 Å². The quantitative estimate of drug-likeness (QED) is 0.872. The molecule has 2 N–H and O–H groups in total. The number of nitrogens with zero attached hydrogens (tertiary/aromatic N) is 1. The van der Waals surface area contributed by atoms with Crippen LogP contribution in [0.4, 0.5) is 5.82 Å². The summed E-state index contributed by atoms with van der Waals surface area (Å²) in [5, 5.41) is 2.80. The summed E-state index contributed by atoms with van der Waals surface area (Å²) in [5.41, 5.74) is 0. The molecule has 2 heterocycles. The second kappa shape index (κ2) is 5.41. The SMILES string of the molecule is CNc1cc(S(=O)(=O)NC(C)c2ccco2)ccn1. The molecule has 0 aliphatic heterocycles. The molecule has 0 aliphatic rings. The van der Waals surface area contributed by atoms with E-state index in [9.17, 15) is 8.42 Å². The lowest BCUT2D eigenvalue weighted by atomic mass is 10.3. The van der Waals surface area contributed by atoms with Crippen LogP contribution < -0.4 is 10.0 Å². The molecule has 0 saturated carbocycles. The molecule has 0 bridgehead atoms. The minimum Gasteiger partial charge on any atom is -0.468 e. The summed E-state index contributed by atoms with van der Waals surface area (Å²) in [5.74, 6) is 1.06. The van der Waals surface area contributed by atoms with Crippen LogP contribution in [-0.4, -0.2) is 20.4 Å². The van der Waals surface area contributed by atoms with Crippen LogP contribution in [0, 0.1) is 0 Å². The van der Waals surface area contributed by atoms with Crippen molar-refractivity contribution in [3.05, 3.63) is 42.5 Å². The van der Waals surface area contributed by atoms with E-state index in [1.54, 1.807) is 26.1 Å². The third-order valence-electron chi connectivity index (χ3n) is 2.60. The molecular weight excluding hydrogens is 266 g/mol. The van der Waals surface area contributed by atoms with E-state index in [-0.39, 0.29) is 4.90 Å². The largest absolute Gasteiger partial charge is 0.468 e. The van der Waals surface area contributed by atoms with E-state index < -0.39 is 16.1 Å². The van der Waals surface area contributed by atoms with E-state index in [1.165, 1.54) is 24.6 Å². The summed E-state index contributed by atoms with van der Waals surface area (Å²) in [6.45, 7) is 1.72. The lowest BCUT2D eigenvalue weighted by Crippen LogP contribution is -2.26. The van der Waals surface area contributed by atoms with Crippen LogP contribution in [0.5, 0.6) is 0 Å². The third kappa shape index (κ3) is 3.12. The average Bonchev–Trinajstić information content (AvgIpc) is 2.92. The van der Waals surface area contributed by atoms with Gasteiger partial charge in [-0.2, -0.15) is 0 Å². The van der Waals surface area contributed by atoms with Crippen LogP contribution in [0.1, 0.15) is 18.7 Å². The van der Waals surface area contributed by atoms with Gasteiger partial charge >= 0.3 is 0 Å². The number of hydrogen-bond donors (Lipinski definition) is 2. The van der Waals surface area contributed by atoms with Crippen molar-refractivity contribution in [3.8, 4) is 0 Å². The summed E-state index contributed by atoms with van der Waals surface area (Å²) in [4.78, 5) is 4.14. The molecule has 0 fully saturated rings. The zero-order chi connectivity index (χ0) is 13.9. The first-order valence-corrected chi connectivity index (χ1v) is 7.21. The van der Waals surface area contributed by atoms with Crippen molar-refractivity contribution in [3.63, 3.8) is 0 Å². The maximum absolute atomic E-state index is 12.2. The lowest BCUT2D eigenvalue weighted by Gasteiger charge is -2.12. The number of anilines is 1. The molecule has 102 valence electrons. The highest BCUT2D eigenvalue weighted by Crippen LogP contribution is 2.18. The van der Waals surface area contributed by atoms with Crippen molar-refractivity contribution in [1.82, 2.24) is 9.71 Å². The smallest absolute Gasteiger partial charge is 0.241 e.